The molecule has 0 unspecified atom stereocenters. The van der Waals surface area contributed by atoms with Crippen LogP contribution in [0.5, 0.6) is 0 Å². The molecule has 5 aromatic rings. The summed E-state index contributed by atoms with van der Waals surface area (Å²) in [6, 6.07) is 12.7. The Labute approximate surface area is 158 Å². The predicted molar refractivity (Wildman–Crippen MR) is 104 cm³/mol. The minimum Gasteiger partial charge on any atom is -0.478 e. The Kier molecular flexibility index (Phi) is 3.48. The highest BCUT2D eigenvalue weighted by atomic mass is 16.4. The molecule has 5 rings (SSSR count). The van der Waals surface area contributed by atoms with E-state index in [2.05, 4.69) is 15.1 Å². The lowest BCUT2D eigenvalue weighted by atomic mass is 10.0. The molecule has 0 radical (unpaired) electrons. The fraction of sp³-hybridized carbons (Fsp3) is 0.0476. The molecule has 3 aromatic heterocycles. The van der Waals surface area contributed by atoms with Gasteiger partial charge in [0.2, 0.25) is 5.89 Å². The number of fused-ring (bicyclic) bond motifs is 2. The van der Waals surface area contributed by atoms with Crippen LogP contribution in [-0.2, 0) is 7.05 Å². The van der Waals surface area contributed by atoms with Crippen molar-refractivity contribution in [2.24, 2.45) is 7.05 Å². The number of hydrogen-bond acceptors (Lipinski definition) is 5. The van der Waals surface area contributed by atoms with Crippen molar-refractivity contribution in [3.05, 3.63) is 66.6 Å². The van der Waals surface area contributed by atoms with Crippen LogP contribution >= 0.6 is 0 Å². The maximum Gasteiger partial charge on any atom is 0.338 e. The van der Waals surface area contributed by atoms with Crippen molar-refractivity contribution in [2.75, 3.05) is 0 Å². The molecule has 3 heterocycles. The van der Waals surface area contributed by atoms with Crippen molar-refractivity contribution < 1.29 is 14.3 Å². The summed E-state index contributed by atoms with van der Waals surface area (Å²) in [4.78, 5) is 20.5. The van der Waals surface area contributed by atoms with E-state index in [0.29, 0.717) is 17.0 Å². The molecule has 7 nitrogen and oxygen atoms in total. The van der Waals surface area contributed by atoms with E-state index >= 15 is 0 Å². The van der Waals surface area contributed by atoms with Gasteiger partial charge in [0, 0.05) is 36.0 Å². The largest absolute Gasteiger partial charge is 0.478 e. The van der Waals surface area contributed by atoms with Crippen molar-refractivity contribution in [1.29, 1.82) is 0 Å². The molecule has 2 aromatic carbocycles. The van der Waals surface area contributed by atoms with Crippen LogP contribution in [0.4, 0.5) is 0 Å². The van der Waals surface area contributed by atoms with Gasteiger partial charge in [0.05, 0.1) is 17.5 Å². The molecule has 0 saturated heterocycles. The van der Waals surface area contributed by atoms with E-state index in [-0.39, 0.29) is 5.56 Å². The summed E-state index contributed by atoms with van der Waals surface area (Å²) in [5.41, 5.74) is 3.40. The SMILES string of the molecule is Cn1cc(-c2cc3cccc(-c4nc5c(C(=O)O)cccc5o4)c3cn2)cn1. The van der Waals surface area contributed by atoms with Crippen LogP contribution in [0.2, 0.25) is 0 Å². The zero-order valence-corrected chi connectivity index (χ0v) is 14.8. The van der Waals surface area contributed by atoms with Gasteiger partial charge in [0.25, 0.3) is 0 Å². The lowest BCUT2D eigenvalue weighted by Crippen LogP contribution is -1.96. The number of carbonyl (C=O) groups is 1. The van der Waals surface area contributed by atoms with E-state index in [1.807, 2.05) is 37.5 Å². The van der Waals surface area contributed by atoms with E-state index in [9.17, 15) is 9.90 Å². The minimum atomic E-state index is -1.04. The molecule has 0 aliphatic carbocycles. The molecular formula is C21H14N4O3. The highest BCUT2D eigenvalue weighted by Crippen LogP contribution is 2.32. The lowest BCUT2D eigenvalue weighted by Gasteiger charge is -2.04. The quantitative estimate of drug-likeness (QED) is 0.513. The summed E-state index contributed by atoms with van der Waals surface area (Å²) in [7, 11) is 1.86. The molecule has 0 saturated carbocycles. The number of carboxylic acid groups (broad SMARTS) is 1. The van der Waals surface area contributed by atoms with Gasteiger partial charge in [-0.25, -0.2) is 9.78 Å². The summed E-state index contributed by atoms with van der Waals surface area (Å²) in [6.07, 6.45) is 5.46. The molecule has 0 fully saturated rings. The summed E-state index contributed by atoms with van der Waals surface area (Å²) >= 11 is 0. The average Bonchev–Trinajstić information content (AvgIpc) is 3.32. The number of para-hydroxylation sites is 1. The first-order chi connectivity index (χ1) is 13.6. The summed E-state index contributed by atoms with van der Waals surface area (Å²) < 4.78 is 7.59. The Morgan fingerprint density at radius 3 is 2.79 bits per heavy atom. The second kappa shape index (κ2) is 6.02. The third kappa shape index (κ3) is 2.52. The van der Waals surface area contributed by atoms with Crippen LogP contribution in [-0.4, -0.2) is 30.8 Å². The number of aryl methyl sites for hydroxylation is 1. The molecule has 136 valence electrons. The zero-order chi connectivity index (χ0) is 19.3. The first-order valence-electron chi connectivity index (χ1n) is 8.61. The van der Waals surface area contributed by atoms with Gasteiger partial charge in [-0.1, -0.05) is 18.2 Å². The highest BCUT2D eigenvalue weighted by Gasteiger charge is 2.17. The maximum absolute atomic E-state index is 11.4. The zero-order valence-electron chi connectivity index (χ0n) is 14.8. The van der Waals surface area contributed by atoms with Gasteiger partial charge in [0.1, 0.15) is 5.52 Å². The van der Waals surface area contributed by atoms with Gasteiger partial charge in [-0.2, -0.15) is 5.10 Å². The van der Waals surface area contributed by atoms with Crippen molar-refractivity contribution in [3.63, 3.8) is 0 Å². The summed E-state index contributed by atoms with van der Waals surface area (Å²) in [5.74, 6) is -0.670. The predicted octanol–water partition coefficient (Wildman–Crippen LogP) is 4.14. The lowest BCUT2D eigenvalue weighted by molar-refractivity contribution is 0.0699. The molecule has 0 atom stereocenters. The first-order valence-corrected chi connectivity index (χ1v) is 8.61. The van der Waals surface area contributed by atoms with Gasteiger partial charge in [0.15, 0.2) is 5.58 Å². The number of aromatic nitrogens is 4. The molecule has 0 spiro atoms. The van der Waals surface area contributed by atoms with Crippen molar-refractivity contribution >= 4 is 27.8 Å². The Morgan fingerprint density at radius 1 is 1.14 bits per heavy atom. The molecule has 1 N–H and O–H groups in total. The van der Waals surface area contributed by atoms with Crippen molar-refractivity contribution in [3.8, 4) is 22.7 Å². The average molecular weight is 370 g/mol. The van der Waals surface area contributed by atoms with Gasteiger partial charge >= 0.3 is 5.97 Å². The monoisotopic (exact) mass is 370 g/mol. The van der Waals surface area contributed by atoms with Crippen LogP contribution in [0.1, 0.15) is 10.4 Å². The number of pyridine rings is 1. The molecule has 0 aliphatic heterocycles. The number of hydrogen-bond donors (Lipinski definition) is 1. The minimum absolute atomic E-state index is 0.115. The van der Waals surface area contributed by atoms with E-state index in [0.717, 1.165) is 27.6 Å². The van der Waals surface area contributed by atoms with Crippen molar-refractivity contribution in [1.82, 2.24) is 19.7 Å². The molecule has 7 heteroatoms. The number of carboxylic acids is 1. The van der Waals surface area contributed by atoms with Gasteiger partial charge < -0.3 is 9.52 Å². The number of nitrogens with zero attached hydrogens (tertiary/aromatic N) is 4. The maximum atomic E-state index is 11.4. The number of aromatic carboxylic acids is 1. The smallest absolute Gasteiger partial charge is 0.338 e. The van der Waals surface area contributed by atoms with Gasteiger partial charge in [-0.3, -0.25) is 9.67 Å². The van der Waals surface area contributed by atoms with Crippen LogP contribution < -0.4 is 0 Å². The standard InChI is InChI=1S/C21H14N4O3/c1-25-11-13(9-23-25)17-8-12-4-2-5-14(16(12)10-22-17)20-24-19-15(21(26)27)6-3-7-18(19)28-20/h2-11H,1H3,(H,26,27). The fourth-order valence-corrected chi connectivity index (χ4v) is 3.31. The van der Waals surface area contributed by atoms with E-state index in [1.54, 1.807) is 29.2 Å². The van der Waals surface area contributed by atoms with E-state index in [1.165, 1.54) is 6.07 Å². The molecular weight excluding hydrogens is 356 g/mol. The third-order valence-corrected chi connectivity index (χ3v) is 4.65. The Balaban J connectivity index is 1.68. The first kappa shape index (κ1) is 16.2. The highest BCUT2D eigenvalue weighted by molar-refractivity contribution is 6.02. The van der Waals surface area contributed by atoms with Crippen molar-refractivity contribution in [2.45, 2.75) is 0 Å². The van der Waals surface area contributed by atoms with Crippen LogP contribution in [0.25, 0.3) is 44.6 Å². The molecule has 28 heavy (non-hydrogen) atoms. The Bertz CT molecular complexity index is 1370. The van der Waals surface area contributed by atoms with Crippen LogP contribution in [0, 0.1) is 0 Å². The molecule has 0 aliphatic rings. The fourth-order valence-electron chi connectivity index (χ4n) is 3.31. The molecule has 0 bridgehead atoms. The van der Waals surface area contributed by atoms with Gasteiger partial charge in [-0.15, -0.1) is 0 Å². The number of benzene rings is 2. The number of rotatable bonds is 3. The summed E-state index contributed by atoms with van der Waals surface area (Å²) in [6.45, 7) is 0. The summed E-state index contributed by atoms with van der Waals surface area (Å²) in [5, 5.41) is 15.4. The van der Waals surface area contributed by atoms with E-state index < -0.39 is 5.97 Å². The second-order valence-corrected chi connectivity index (χ2v) is 6.48. The topological polar surface area (TPSA) is 94.0 Å². The third-order valence-electron chi connectivity index (χ3n) is 4.65. The Hall–Kier alpha value is -4.00. The van der Waals surface area contributed by atoms with Crippen LogP contribution in [0.3, 0.4) is 0 Å². The number of oxazole rings is 1. The van der Waals surface area contributed by atoms with E-state index in [4.69, 9.17) is 4.42 Å². The molecule has 0 amide bonds. The van der Waals surface area contributed by atoms with Gasteiger partial charge in [-0.05, 0) is 29.7 Å². The van der Waals surface area contributed by atoms with Crippen LogP contribution in [0.15, 0.2) is 65.5 Å². The normalized spacial score (nSPS) is 11.3. The second-order valence-electron chi connectivity index (χ2n) is 6.48. The Morgan fingerprint density at radius 2 is 2.00 bits per heavy atom.